The average Bonchev–Trinajstić information content (AvgIpc) is 2.70. The van der Waals surface area contributed by atoms with E-state index in [0.717, 1.165) is 18.4 Å². The Morgan fingerprint density at radius 1 is 1.26 bits per heavy atom. The number of hydrogen-bond donors (Lipinski definition) is 2. The van der Waals surface area contributed by atoms with Crippen molar-refractivity contribution in [2.24, 2.45) is 0 Å². The molecule has 34 heavy (non-hydrogen) atoms. The van der Waals surface area contributed by atoms with Crippen molar-refractivity contribution in [3.63, 3.8) is 0 Å². The Hall–Kier alpha value is -2.36. The van der Waals surface area contributed by atoms with Crippen molar-refractivity contribution in [2.45, 2.75) is 82.6 Å². The van der Waals surface area contributed by atoms with Gasteiger partial charge in [0.05, 0.1) is 23.8 Å². The number of nitrogens with one attached hydrogen (secondary N) is 1. The minimum Gasteiger partial charge on any atom is -0.444 e. The van der Waals surface area contributed by atoms with Crippen molar-refractivity contribution in [2.75, 3.05) is 7.11 Å². The number of hydrogen-bond acceptors (Lipinski definition) is 6. The molecule has 0 aliphatic heterocycles. The summed E-state index contributed by atoms with van der Waals surface area (Å²) in [6.07, 6.45) is 1.76. The highest BCUT2D eigenvalue weighted by molar-refractivity contribution is 7.86. The van der Waals surface area contributed by atoms with Crippen LogP contribution in [0.15, 0.2) is 18.2 Å². The Labute approximate surface area is 198 Å². The molecule has 0 spiro atoms. The Morgan fingerprint density at radius 2 is 1.79 bits per heavy atom. The molecule has 0 saturated carbocycles. The second kappa shape index (κ2) is 10.9. The van der Waals surface area contributed by atoms with E-state index in [2.05, 4.69) is 25.2 Å². The Balaban J connectivity index is 0.000000620. The lowest BCUT2D eigenvalue weighted by molar-refractivity contribution is -0.0510. The molecule has 12 heteroatoms. The molecule has 1 aliphatic rings. The number of methoxy groups -OCH3 is 1. The number of fused-ring (bicyclic) bond motifs is 1. The number of benzene rings is 1. The first-order valence-corrected chi connectivity index (χ1v) is 12.0. The number of amides is 1. The van der Waals surface area contributed by atoms with Gasteiger partial charge in [-0.15, -0.1) is 0 Å². The van der Waals surface area contributed by atoms with E-state index >= 15 is 0 Å². The van der Waals surface area contributed by atoms with Gasteiger partial charge in [-0.1, -0.05) is 19.9 Å². The molecule has 0 heterocycles. The van der Waals surface area contributed by atoms with Crippen LogP contribution >= 0.6 is 0 Å². The molecule has 0 saturated heterocycles. The van der Waals surface area contributed by atoms with Crippen molar-refractivity contribution >= 4 is 16.2 Å². The minimum absolute atomic E-state index is 0.150. The number of rotatable bonds is 4. The highest BCUT2D eigenvalue weighted by atomic mass is 32.2. The number of nitrogens with zero attached hydrogens (tertiary/aromatic N) is 1. The van der Waals surface area contributed by atoms with Crippen molar-refractivity contribution in [1.29, 1.82) is 5.26 Å². The summed E-state index contributed by atoms with van der Waals surface area (Å²) in [7, 11) is -4.16. The molecular weight excluding hydrogens is 477 g/mol. The van der Waals surface area contributed by atoms with E-state index in [1.165, 1.54) is 5.56 Å². The lowest BCUT2D eigenvalue weighted by Gasteiger charge is -2.48. The summed E-state index contributed by atoms with van der Waals surface area (Å²) in [6, 6.07) is 7.85. The van der Waals surface area contributed by atoms with Crippen LogP contribution in [-0.4, -0.2) is 49.4 Å². The van der Waals surface area contributed by atoms with E-state index in [9.17, 15) is 23.2 Å². The van der Waals surface area contributed by atoms with Crippen molar-refractivity contribution in [3.05, 3.63) is 34.9 Å². The fourth-order valence-corrected chi connectivity index (χ4v) is 4.10. The first-order valence-electron chi connectivity index (χ1n) is 10.5. The van der Waals surface area contributed by atoms with Crippen LogP contribution in [0.1, 0.15) is 64.2 Å². The van der Waals surface area contributed by atoms with E-state index in [-0.39, 0.29) is 17.6 Å². The quantitative estimate of drug-likeness (QED) is 0.454. The van der Waals surface area contributed by atoms with Crippen LogP contribution < -0.4 is 5.32 Å². The van der Waals surface area contributed by atoms with Gasteiger partial charge in [0.2, 0.25) is 0 Å². The summed E-state index contributed by atoms with van der Waals surface area (Å²) in [5.41, 5.74) is -3.45. The van der Waals surface area contributed by atoms with Crippen molar-refractivity contribution < 1.29 is 40.4 Å². The molecule has 1 amide bonds. The summed E-state index contributed by atoms with van der Waals surface area (Å²) in [5, 5.41) is 12.4. The summed E-state index contributed by atoms with van der Waals surface area (Å²) >= 11 is 0. The Bertz CT molecular complexity index is 1010. The van der Waals surface area contributed by atoms with Crippen LogP contribution in [0, 0.1) is 11.3 Å². The van der Waals surface area contributed by atoms with Gasteiger partial charge in [-0.3, -0.25) is 4.55 Å². The van der Waals surface area contributed by atoms with Crippen LogP contribution in [0.5, 0.6) is 0 Å². The zero-order chi connectivity index (χ0) is 26.5. The molecule has 1 aliphatic carbocycles. The lowest BCUT2D eigenvalue weighted by atomic mass is 9.62. The average molecular weight is 509 g/mol. The molecule has 0 radical (unpaired) electrons. The maximum atomic E-state index is 12.5. The minimum atomic E-state index is -5.84. The van der Waals surface area contributed by atoms with Gasteiger partial charge in [-0.05, 0) is 56.9 Å². The predicted octanol–water partition coefficient (Wildman–Crippen LogP) is 4.47. The molecule has 0 bridgehead atoms. The van der Waals surface area contributed by atoms with Crippen molar-refractivity contribution in [1.82, 2.24) is 5.32 Å². The molecular formula is C22H31F3N2O6S. The Kier molecular flexibility index (Phi) is 9.53. The molecule has 192 valence electrons. The maximum Gasteiger partial charge on any atom is 0.522 e. The number of halogens is 3. The third kappa shape index (κ3) is 7.07. The zero-order valence-electron chi connectivity index (χ0n) is 20.0. The number of nitriles is 1. The van der Waals surface area contributed by atoms with Gasteiger partial charge >= 0.3 is 21.7 Å². The van der Waals surface area contributed by atoms with Crippen LogP contribution in [0.25, 0.3) is 0 Å². The van der Waals surface area contributed by atoms with E-state index in [4.69, 9.17) is 22.4 Å². The molecule has 0 fully saturated rings. The van der Waals surface area contributed by atoms with E-state index < -0.39 is 27.3 Å². The lowest BCUT2D eigenvalue weighted by Crippen LogP contribution is -2.60. The summed E-state index contributed by atoms with van der Waals surface area (Å²) in [4.78, 5) is 12.5. The first-order chi connectivity index (χ1) is 15.5. The van der Waals surface area contributed by atoms with Crippen LogP contribution in [0.4, 0.5) is 18.0 Å². The van der Waals surface area contributed by atoms with E-state index in [0.29, 0.717) is 12.0 Å². The van der Waals surface area contributed by atoms with Gasteiger partial charge in [0.1, 0.15) is 5.60 Å². The molecule has 0 aromatic heterocycles. The zero-order valence-corrected chi connectivity index (χ0v) is 20.8. The largest absolute Gasteiger partial charge is 0.522 e. The molecule has 0 unspecified atom stereocenters. The van der Waals surface area contributed by atoms with Crippen LogP contribution in [-0.2, 0) is 31.4 Å². The van der Waals surface area contributed by atoms with Crippen LogP contribution in [0.3, 0.4) is 0 Å². The van der Waals surface area contributed by atoms with Gasteiger partial charge in [0.15, 0.2) is 0 Å². The smallest absolute Gasteiger partial charge is 0.444 e. The highest BCUT2D eigenvalue weighted by Crippen LogP contribution is 2.44. The fraction of sp³-hybridized carbons (Fsp3) is 0.636. The van der Waals surface area contributed by atoms with Gasteiger partial charge in [0.25, 0.3) is 0 Å². The normalized spacial score (nSPS) is 19.7. The van der Waals surface area contributed by atoms with Gasteiger partial charge < -0.3 is 14.8 Å². The summed E-state index contributed by atoms with van der Waals surface area (Å²) in [5.74, 6) is 0. The summed E-state index contributed by atoms with van der Waals surface area (Å²) in [6.45, 7) is 9.79. The molecule has 1 aromatic rings. The standard InChI is InChI=1S/C21H30N2O3.CHF3O3S/c1-7-21(8-2)16-11-14(13-22)9-10-15(16)12-17(25-6)18(21)23-19(24)26-20(3,4)5;2-1(3,4)8(5,6)7/h9-11,17-18H,7-8,12H2,1-6H3,(H,23,24);(H,5,6,7)/t17-,18+;/m1./s1. The monoisotopic (exact) mass is 508 g/mol. The van der Waals surface area contributed by atoms with Crippen LogP contribution in [0.2, 0.25) is 0 Å². The number of carbonyl (C=O) groups excluding carboxylic acids is 1. The third-order valence-electron chi connectivity index (χ3n) is 5.69. The molecule has 8 nitrogen and oxygen atoms in total. The first kappa shape index (κ1) is 29.7. The van der Waals surface area contributed by atoms with Gasteiger partial charge in [-0.2, -0.15) is 26.9 Å². The number of alkyl carbamates (subject to hydrolysis) is 1. The van der Waals surface area contributed by atoms with Gasteiger partial charge in [0, 0.05) is 18.9 Å². The highest BCUT2D eigenvalue weighted by Gasteiger charge is 2.48. The molecule has 1 aromatic carbocycles. The van der Waals surface area contributed by atoms with E-state index in [1.54, 1.807) is 7.11 Å². The number of alkyl halides is 3. The second-order valence-corrected chi connectivity index (χ2v) is 10.3. The fourth-order valence-electron chi connectivity index (χ4n) is 4.10. The number of carbonyl (C=O) groups is 1. The molecule has 2 N–H and O–H groups in total. The number of ether oxygens (including phenoxy) is 2. The topological polar surface area (TPSA) is 126 Å². The molecule has 2 rings (SSSR count). The van der Waals surface area contributed by atoms with Gasteiger partial charge in [-0.25, -0.2) is 4.79 Å². The maximum absolute atomic E-state index is 12.5. The predicted molar refractivity (Wildman–Crippen MR) is 119 cm³/mol. The van der Waals surface area contributed by atoms with E-state index in [1.807, 2.05) is 39.0 Å². The second-order valence-electron chi connectivity index (χ2n) is 8.87. The molecule has 2 atom stereocenters. The third-order valence-corrected chi connectivity index (χ3v) is 6.28. The SMILES string of the molecule is CCC1(CC)c2cc(C#N)ccc2C[C@@H](OC)[C@@H]1NC(=O)OC(C)(C)C.O=S(=O)(O)C(F)(F)F. The summed E-state index contributed by atoms with van der Waals surface area (Å²) < 4.78 is 68.8. The van der Waals surface area contributed by atoms with Crippen molar-refractivity contribution in [3.8, 4) is 6.07 Å². The Morgan fingerprint density at radius 3 is 2.18 bits per heavy atom.